The number of carboxylic acids is 1. The van der Waals surface area contributed by atoms with E-state index < -0.39 is 15.8 Å². The summed E-state index contributed by atoms with van der Waals surface area (Å²) < 4.78 is 22.7. The standard InChI is InChI=1S/C12H21N3O5S/c16-11(17)1-3-14-4-6-15(7-5-14)12(18)13-10-2-8-21(19,20)9-10/h10H,1-9H2,(H,13,18)(H,16,17). The summed E-state index contributed by atoms with van der Waals surface area (Å²) in [6.45, 7) is 2.84. The van der Waals surface area contributed by atoms with E-state index in [0.29, 0.717) is 39.1 Å². The Labute approximate surface area is 124 Å². The summed E-state index contributed by atoms with van der Waals surface area (Å²) in [5.41, 5.74) is 0. The molecule has 0 aliphatic carbocycles. The normalized spacial score (nSPS) is 25.7. The molecule has 0 aromatic carbocycles. The van der Waals surface area contributed by atoms with Gasteiger partial charge < -0.3 is 15.3 Å². The first-order chi connectivity index (χ1) is 9.85. The van der Waals surface area contributed by atoms with Crippen LogP contribution in [-0.2, 0) is 14.6 Å². The molecular formula is C12H21N3O5S. The van der Waals surface area contributed by atoms with Crippen molar-refractivity contribution < 1.29 is 23.1 Å². The lowest BCUT2D eigenvalue weighted by Crippen LogP contribution is -2.53. The van der Waals surface area contributed by atoms with Crippen molar-refractivity contribution in [3.8, 4) is 0 Å². The Bertz CT molecular complexity index is 499. The fourth-order valence-electron chi connectivity index (χ4n) is 2.60. The second-order valence-electron chi connectivity index (χ2n) is 5.52. The van der Waals surface area contributed by atoms with Crippen molar-refractivity contribution in [2.45, 2.75) is 18.9 Å². The zero-order valence-corrected chi connectivity index (χ0v) is 12.6. The maximum Gasteiger partial charge on any atom is 0.317 e. The number of nitrogens with zero attached hydrogens (tertiary/aromatic N) is 2. The first-order valence-electron chi connectivity index (χ1n) is 7.06. The lowest BCUT2D eigenvalue weighted by Gasteiger charge is -2.34. The molecule has 2 aliphatic rings. The maximum absolute atomic E-state index is 12.0. The Kier molecular flexibility index (Phi) is 5.04. The summed E-state index contributed by atoms with van der Waals surface area (Å²) in [5.74, 6) is -0.657. The number of carboxylic acid groups (broad SMARTS) is 1. The van der Waals surface area contributed by atoms with E-state index in [1.807, 2.05) is 4.90 Å². The number of sulfone groups is 1. The molecule has 0 bridgehead atoms. The minimum Gasteiger partial charge on any atom is -0.481 e. The lowest BCUT2D eigenvalue weighted by atomic mass is 10.2. The summed E-state index contributed by atoms with van der Waals surface area (Å²) >= 11 is 0. The fourth-order valence-corrected chi connectivity index (χ4v) is 4.28. The van der Waals surface area contributed by atoms with Crippen LogP contribution in [0.1, 0.15) is 12.8 Å². The number of amides is 2. The lowest BCUT2D eigenvalue weighted by molar-refractivity contribution is -0.137. The van der Waals surface area contributed by atoms with E-state index in [1.165, 1.54) is 0 Å². The summed E-state index contributed by atoms with van der Waals surface area (Å²) in [7, 11) is -2.99. The molecular weight excluding hydrogens is 298 g/mol. The van der Waals surface area contributed by atoms with Gasteiger partial charge in [-0.3, -0.25) is 9.69 Å². The molecule has 1 unspecified atom stereocenters. The highest BCUT2D eigenvalue weighted by molar-refractivity contribution is 7.91. The average molecular weight is 319 g/mol. The third-order valence-electron chi connectivity index (χ3n) is 3.86. The molecule has 0 saturated carbocycles. The summed E-state index contributed by atoms with van der Waals surface area (Å²) in [4.78, 5) is 26.2. The summed E-state index contributed by atoms with van der Waals surface area (Å²) in [5, 5.41) is 11.4. The molecule has 2 aliphatic heterocycles. The smallest absolute Gasteiger partial charge is 0.317 e. The van der Waals surface area contributed by atoms with Crippen LogP contribution in [0.5, 0.6) is 0 Å². The van der Waals surface area contributed by atoms with E-state index >= 15 is 0 Å². The number of piperazine rings is 1. The molecule has 8 nitrogen and oxygen atoms in total. The van der Waals surface area contributed by atoms with Gasteiger partial charge >= 0.3 is 12.0 Å². The van der Waals surface area contributed by atoms with Crippen LogP contribution in [0.3, 0.4) is 0 Å². The van der Waals surface area contributed by atoms with Crippen molar-refractivity contribution in [1.82, 2.24) is 15.1 Å². The fraction of sp³-hybridized carbons (Fsp3) is 0.833. The van der Waals surface area contributed by atoms with E-state index in [0.717, 1.165) is 0 Å². The average Bonchev–Trinajstić information content (AvgIpc) is 2.76. The third kappa shape index (κ3) is 4.85. The number of carbonyl (C=O) groups is 2. The van der Waals surface area contributed by atoms with Crippen molar-refractivity contribution >= 4 is 21.8 Å². The molecule has 120 valence electrons. The third-order valence-corrected chi connectivity index (χ3v) is 5.63. The Morgan fingerprint density at radius 3 is 2.38 bits per heavy atom. The van der Waals surface area contributed by atoms with E-state index in [-0.39, 0.29) is 30.0 Å². The zero-order valence-electron chi connectivity index (χ0n) is 11.8. The molecule has 2 amide bonds. The van der Waals surface area contributed by atoms with Gasteiger partial charge in [-0.2, -0.15) is 0 Å². The molecule has 9 heteroatoms. The van der Waals surface area contributed by atoms with Gasteiger partial charge in [0.1, 0.15) is 0 Å². The van der Waals surface area contributed by atoms with Crippen LogP contribution in [-0.4, -0.2) is 85.6 Å². The number of hydrogen-bond acceptors (Lipinski definition) is 5. The highest BCUT2D eigenvalue weighted by Crippen LogP contribution is 2.12. The number of hydrogen-bond donors (Lipinski definition) is 2. The van der Waals surface area contributed by atoms with Gasteiger partial charge in [0.05, 0.1) is 17.9 Å². The van der Waals surface area contributed by atoms with Crippen molar-refractivity contribution in [2.24, 2.45) is 0 Å². The molecule has 2 heterocycles. The molecule has 0 spiro atoms. The van der Waals surface area contributed by atoms with Crippen LogP contribution < -0.4 is 5.32 Å². The first-order valence-corrected chi connectivity index (χ1v) is 8.88. The van der Waals surface area contributed by atoms with Crippen LogP contribution >= 0.6 is 0 Å². The largest absolute Gasteiger partial charge is 0.481 e. The Hall–Kier alpha value is -1.35. The molecule has 2 rings (SSSR count). The van der Waals surface area contributed by atoms with Crippen LogP contribution in [0, 0.1) is 0 Å². The topological polar surface area (TPSA) is 107 Å². The SMILES string of the molecule is O=C(O)CCN1CCN(C(=O)NC2CCS(=O)(=O)C2)CC1. The molecule has 0 aromatic heterocycles. The predicted octanol–water partition coefficient (Wildman–Crippen LogP) is -1.02. The minimum absolute atomic E-state index is 0.0251. The summed E-state index contributed by atoms with van der Waals surface area (Å²) in [6.07, 6.45) is 0.582. The van der Waals surface area contributed by atoms with E-state index in [4.69, 9.17) is 5.11 Å². The summed E-state index contributed by atoms with van der Waals surface area (Å²) in [6, 6.07) is -0.512. The molecule has 0 radical (unpaired) electrons. The van der Waals surface area contributed by atoms with Crippen molar-refractivity contribution in [3.63, 3.8) is 0 Å². The Balaban J connectivity index is 1.72. The highest BCUT2D eigenvalue weighted by Gasteiger charge is 2.30. The van der Waals surface area contributed by atoms with Gasteiger partial charge in [-0.05, 0) is 6.42 Å². The van der Waals surface area contributed by atoms with Gasteiger partial charge in [-0.25, -0.2) is 13.2 Å². The number of nitrogens with one attached hydrogen (secondary N) is 1. The van der Waals surface area contributed by atoms with E-state index in [2.05, 4.69) is 5.32 Å². The van der Waals surface area contributed by atoms with Crippen molar-refractivity contribution in [1.29, 1.82) is 0 Å². The maximum atomic E-state index is 12.0. The highest BCUT2D eigenvalue weighted by atomic mass is 32.2. The zero-order chi connectivity index (χ0) is 15.5. The van der Waals surface area contributed by atoms with Crippen molar-refractivity contribution in [3.05, 3.63) is 0 Å². The van der Waals surface area contributed by atoms with Gasteiger partial charge in [0.25, 0.3) is 0 Å². The Morgan fingerprint density at radius 1 is 1.19 bits per heavy atom. The molecule has 0 aromatic rings. The second-order valence-corrected chi connectivity index (χ2v) is 7.75. The first kappa shape index (κ1) is 16.0. The van der Waals surface area contributed by atoms with Crippen molar-refractivity contribution in [2.75, 3.05) is 44.2 Å². The van der Waals surface area contributed by atoms with Crippen LogP contribution in [0.4, 0.5) is 4.79 Å². The van der Waals surface area contributed by atoms with Gasteiger partial charge in [0, 0.05) is 38.8 Å². The van der Waals surface area contributed by atoms with Gasteiger partial charge in [-0.15, -0.1) is 0 Å². The predicted molar refractivity (Wildman–Crippen MR) is 75.9 cm³/mol. The van der Waals surface area contributed by atoms with Gasteiger partial charge in [-0.1, -0.05) is 0 Å². The van der Waals surface area contributed by atoms with Crippen LogP contribution in [0.15, 0.2) is 0 Å². The number of aliphatic carboxylic acids is 1. The number of rotatable bonds is 4. The second kappa shape index (κ2) is 6.61. The minimum atomic E-state index is -2.99. The molecule has 21 heavy (non-hydrogen) atoms. The molecule has 2 fully saturated rings. The molecule has 2 saturated heterocycles. The number of urea groups is 1. The number of carbonyl (C=O) groups excluding carboxylic acids is 1. The van der Waals surface area contributed by atoms with Crippen LogP contribution in [0.25, 0.3) is 0 Å². The quantitative estimate of drug-likeness (QED) is 0.686. The van der Waals surface area contributed by atoms with Gasteiger partial charge in [0.2, 0.25) is 0 Å². The molecule has 2 N–H and O–H groups in total. The van der Waals surface area contributed by atoms with E-state index in [9.17, 15) is 18.0 Å². The van der Waals surface area contributed by atoms with Crippen LogP contribution in [0.2, 0.25) is 0 Å². The Morgan fingerprint density at radius 2 is 1.86 bits per heavy atom. The monoisotopic (exact) mass is 319 g/mol. The molecule has 1 atom stereocenters. The van der Waals surface area contributed by atoms with E-state index in [1.54, 1.807) is 4.90 Å². The van der Waals surface area contributed by atoms with Gasteiger partial charge in [0.15, 0.2) is 9.84 Å².